The minimum Gasteiger partial charge on any atom is -0.312 e. The molecular formula is C17H27N3O3S. The van der Waals surface area contributed by atoms with Gasteiger partial charge in [-0.1, -0.05) is 25.8 Å². The number of carbonyl (C=O) groups is 1. The summed E-state index contributed by atoms with van der Waals surface area (Å²) in [5.74, 6) is 1.91. The van der Waals surface area contributed by atoms with Crippen molar-refractivity contribution in [1.29, 1.82) is 0 Å². The summed E-state index contributed by atoms with van der Waals surface area (Å²) in [6.07, 6.45) is 6.98. The molecule has 2 fully saturated rings. The maximum absolute atomic E-state index is 12.5. The van der Waals surface area contributed by atoms with E-state index in [9.17, 15) is 13.2 Å². The van der Waals surface area contributed by atoms with Gasteiger partial charge < -0.3 is 5.32 Å². The van der Waals surface area contributed by atoms with E-state index in [0.717, 1.165) is 24.6 Å². The van der Waals surface area contributed by atoms with Crippen LogP contribution in [0.25, 0.3) is 0 Å². The lowest BCUT2D eigenvalue weighted by molar-refractivity contribution is -0.124. The molecular weight excluding hydrogens is 326 g/mol. The third-order valence-electron chi connectivity index (χ3n) is 5.62. The number of carbonyl (C=O) groups excluding carboxylic acids is 1. The second-order valence-electron chi connectivity index (χ2n) is 7.35. The Morgan fingerprint density at radius 1 is 1.21 bits per heavy atom. The van der Waals surface area contributed by atoms with E-state index < -0.39 is 15.6 Å². The maximum Gasteiger partial charge on any atom is 0.253 e. The smallest absolute Gasteiger partial charge is 0.253 e. The number of allylic oxidation sites excluding steroid dienone is 1. The van der Waals surface area contributed by atoms with Gasteiger partial charge in [-0.05, 0) is 38.5 Å². The Kier molecular flexibility index (Phi) is 4.84. The number of amides is 1. The molecule has 2 heterocycles. The Bertz CT molecular complexity index is 653. The summed E-state index contributed by atoms with van der Waals surface area (Å²) >= 11 is 0. The van der Waals surface area contributed by atoms with Crippen LogP contribution in [0.15, 0.2) is 16.5 Å². The summed E-state index contributed by atoms with van der Waals surface area (Å²) in [5.41, 5.74) is -0.750. The van der Waals surface area contributed by atoms with Crippen molar-refractivity contribution in [3.8, 4) is 0 Å². The number of nitrogens with zero attached hydrogens (tertiary/aromatic N) is 2. The number of piperidine rings is 1. The predicted molar refractivity (Wildman–Crippen MR) is 94.0 cm³/mol. The first-order valence-corrected chi connectivity index (χ1v) is 10.4. The van der Waals surface area contributed by atoms with Crippen molar-refractivity contribution in [3.63, 3.8) is 0 Å². The average Bonchev–Trinajstić information content (AvgIpc) is 2.85. The Balaban J connectivity index is 1.70. The number of nitrogens with one attached hydrogen (secondary N) is 1. The number of aliphatic imine (C=N–C) groups is 1. The van der Waals surface area contributed by atoms with Gasteiger partial charge in [-0.15, -0.1) is 0 Å². The van der Waals surface area contributed by atoms with Gasteiger partial charge in [0.05, 0.1) is 0 Å². The van der Waals surface area contributed by atoms with Crippen LogP contribution in [0.2, 0.25) is 0 Å². The first kappa shape index (κ1) is 17.6. The van der Waals surface area contributed by atoms with Crippen molar-refractivity contribution in [2.45, 2.75) is 57.9 Å². The van der Waals surface area contributed by atoms with Crippen LogP contribution in [0.3, 0.4) is 0 Å². The molecule has 0 unspecified atom stereocenters. The van der Waals surface area contributed by atoms with E-state index in [1.165, 1.54) is 28.6 Å². The monoisotopic (exact) mass is 353 g/mol. The molecule has 3 rings (SSSR count). The average molecular weight is 353 g/mol. The zero-order valence-electron chi connectivity index (χ0n) is 14.5. The van der Waals surface area contributed by atoms with E-state index in [1.807, 2.05) is 0 Å². The van der Waals surface area contributed by atoms with Crippen LogP contribution >= 0.6 is 0 Å². The molecule has 0 atom stereocenters. The minimum atomic E-state index is -3.36. The van der Waals surface area contributed by atoms with Gasteiger partial charge in [0.15, 0.2) is 0 Å². The lowest BCUT2D eigenvalue weighted by Gasteiger charge is -2.34. The number of hydrogen-bond donors (Lipinski definition) is 1. The molecule has 134 valence electrons. The standard InChI is InChI=1S/C17H27N3O3S/c1-3-12-24(22,23)20-10-8-17(9-11-20)16(21)18-15(19-17)14-6-4-13(2)5-7-14/h3,12-14H,4-11H2,1-2H3,(H,18,19,21). The maximum atomic E-state index is 12.5. The van der Waals surface area contributed by atoms with Crippen LogP contribution < -0.4 is 5.32 Å². The first-order valence-electron chi connectivity index (χ1n) is 8.90. The van der Waals surface area contributed by atoms with E-state index in [2.05, 4.69) is 12.2 Å². The molecule has 1 saturated heterocycles. The largest absolute Gasteiger partial charge is 0.312 e. The summed E-state index contributed by atoms with van der Waals surface area (Å²) < 4.78 is 25.7. The van der Waals surface area contributed by atoms with Crippen molar-refractivity contribution in [2.75, 3.05) is 13.1 Å². The van der Waals surface area contributed by atoms with E-state index in [0.29, 0.717) is 31.8 Å². The molecule has 7 heteroatoms. The summed E-state index contributed by atoms with van der Waals surface area (Å²) in [7, 11) is -3.36. The fourth-order valence-corrected chi connectivity index (χ4v) is 5.18. The molecule has 0 bridgehead atoms. The zero-order chi connectivity index (χ0) is 17.4. The number of hydrogen-bond acceptors (Lipinski definition) is 4. The topological polar surface area (TPSA) is 78.8 Å². The molecule has 1 aliphatic carbocycles. The van der Waals surface area contributed by atoms with Crippen molar-refractivity contribution in [1.82, 2.24) is 9.62 Å². The van der Waals surface area contributed by atoms with Crippen molar-refractivity contribution in [3.05, 3.63) is 11.5 Å². The van der Waals surface area contributed by atoms with Crippen molar-refractivity contribution >= 4 is 21.8 Å². The highest BCUT2D eigenvalue weighted by Gasteiger charge is 2.48. The van der Waals surface area contributed by atoms with Gasteiger partial charge in [0.25, 0.3) is 5.91 Å². The summed E-state index contributed by atoms with van der Waals surface area (Å²) in [6, 6.07) is 0. The highest BCUT2D eigenvalue weighted by Crippen LogP contribution is 2.35. The lowest BCUT2D eigenvalue weighted by Crippen LogP contribution is -2.50. The molecule has 2 aliphatic heterocycles. The van der Waals surface area contributed by atoms with Crippen LogP contribution in [0, 0.1) is 11.8 Å². The van der Waals surface area contributed by atoms with Crippen molar-refractivity contribution < 1.29 is 13.2 Å². The molecule has 0 aromatic heterocycles. The van der Waals surface area contributed by atoms with Crippen LogP contribution in [-0.2, 0) is 14.8 Å². The highest BCUT2D eigenvalue weighted by atomic mass is 32.2. The fourth-order valence-electron chi connectivity index (χ4n) is 3.98. The Morgan fingerprint density at radius 3 is 2.42 bits per heavy atom. The van der Waals surface area contributed by atoms with E-state index in [-0.39, 0.29) is 5.91 Å². The molecule has 1 saturated carbocycles. The summed E-state index contributed by atoms with van der Waals surface area (Å²) in [4.78, 5) is 17.3. The van der Waals surface area contributed by atoms with Crippen molar-refractivity contribution in [2.24, 2.45) is 16.8 Å². The number of sulfonamides is 1. The van der Waals surface area contributed by atoms with Gasteiger partial charge in [-0.2, -0.15) is 4.31 Å². The lowest BCUT2D eigenvalue weighted by atomic mass is 9.82. The van der Waals surface area contributed by atoms with E-state index >= 15 is 0 Å². The molecule has 3 aliphatic rings. The Labute approximate surface area is 144 Å². The fraction of sp³-hybridized carbons (Fsp3) is 0.765. The van der Waals surface area contributed by atoms with Crippen LogP contribution in [0.1, 0.15) is 52.4 Å². The normalized spacial score (nSPS) is 31.4. The summed E-state index contributed by atoms with van der Waals surface area (Å²) in [6.45, 7) is 4.65. The van der Waals surface area contributed by atoms with Gasteiger partial charge in [-0.25, -0.2) is 8.42 Å². The molecule has 1 spiro atoms. The third-order valence-corrected chi connectivity index (χ3v) is 7.32. The van der Waals surface area contributed by atoms with E-state index in [1.54, 1.807) is 6.92 Å². The molecule has 24 heavy (non-hydrogen) atoms. The number of amidine groups is 1. The second-order valence-corrected chi connectivity index (χ2v) is 9.17. The molecule has 0 aromatic carbocycles. The third kappa shape index (κ3) is 3.28. The van der Waals surface area contributed by atoms with Crippen LogP contribution in [0.5, 0.6) is 0 Å². The van der Waals surface area contributed by atoms with Gasteiger partial charge in [-0.3, -0.25) is 9.79 Å². The van der Waals surface area contributed by atoms with Gasteiger partial charge in [0, 0.05) is 24.4 Å². The second kappa shape index (κ2) is 6.59. The van der Waals surface area contributed by atoms with Gasteiger partial charge in [0.2, 0.25) is 10.0 Å². The van der Waals surface area contributed by atoms with Crippen LogP contribution in [0.4, 0.5) is 0 Å². The summed E-state index contributed by atoms with van der Waals surface area (Å²) in [5, 5.41) is 4.23. The highest BCUT2D eigenvalue weighted by molar-refractivity contribution is 7.92. The van der Waals surface area contributed by atoms with Crippen LogP contribution in [-0.4, -0.2) is 43.1 Å². The van der Waals surface area contributed by atoms with Gasteiger partial charge in [0.1, 0.15) is 11.4 Å². The zero-order valence-corrected chi connectivity index (χ0v) is 15.3. The first-order chi connectivity index (χ1) is 11.4. The number of rotatable bonds is 3. The quantitative estimate of drug-likeness (QED) is 0.843. The predicted octanol–water partition coefficient (Wildman–Crippen LogP) is 2.04. The Hall–Kier alpha value is -1.21. The SMILES string of the molecule is CC=CS(=O)(=O)N1CCC2(CC1)N=C(C1CCC(C)CC1)NC2=O. The Morgan fingerprint density at radius 2 is 1.83 bits per heavy atom. The molecule has 1 amide bonds. The molecule has 0 aromatic rings. The molecule has 0 radical (unpaired) electrons. The molecule has 6 nitrogen and oxygen atoms in total. The van der Waals surface area contributed by atoms with Gasteiger partial charge >= 0.3 is 0 Å². The molecule has 1 N–H and O–H groups in total. The van der Waals surface area contributed by atoms with E-state index in [4.69, 9.17) is 4.99 Å². The minimum absolute atomic E-state index is 0.0424.